The Hall–Kier alpha value is -9.59. The third kappa shape index (κ3) is 5.98. The number of hydrogen-bond donors (Lipinski definition) is 0. The normalized spacial score (nSPS) is 12.0. The first-order valence-corrected chi connectivity index (χ1v) is 23.4. The lowest BCUT2D eigenvalue weighted by molar-refractivity contribution is 0.668. The number of hydrogen-bond acceptors (Lipinski definition) is 6. The number of rotatable bonds is 6. The summed E-state index contributed by atoms with van der Waals surface area (Å²) in [5, 5.41) is 8.55. The summed E-state index contributed by atoms with van der Waals surface area (Å²) in [6.07, 6.45) is 0. The quantitative estimate of drug-likeness (QED) is 0.165. The van der Waals surface area contributed by atoms with Crippen molar-refractivity contribution in [1.29, 1.82) is 0 Å². The van der Waals surface area contributed by atoms with Gasteiger partial charge in [-0.25, -0.2) is 15.0 Å². The predicted octanol–water partition coefficient (Wildman–Crippen LogP) is 17.0. The molecule has 15 aromatic rings. The molecule has 5 heterocycles. The molecule has 0 radical (unpaired) electrons. The van der Waals surface area contributed by atoms with Crippen LogP contribution >= 0.6 is 0 Å². The fourth-order valence-electron chi connectivity index (χ4n) is 10.6. The van der Waals surface area contributed by atoms with E-state index in [-0.39, 0.29) is 0 Å². The zero-order valence-electron chi connectivity index (χ0n) is 37.3. The van der Waals surface area contributed by atoms with Crippen LogP contribution < -0.4 is 0 Å². The van der Waals surface area contributed by atoms with E-state index in [9.17, 15) is 0 Å². The van der Waals surface area contributed by atoms with E-state index in [1.807, 2.05) is 60.7 Å². The highest BCUT2D eigenvalue weighted by molar-refractivity contribution is 6.14. The van der Waals surface area contributed by atoms with E-state index in [1.54, 1.807) is 0 Å². The van der Waals surface area contributed by atoms with Crippen LogP contribution in [0, 0.1) is 0 Å². The van der Waals surface area contributed by atoms with Crippen LogP contribution in [0.3, 0.4) is 0 Å². The van der Waals surface area contributed by atoms with E-state index >= 15 is 0 Å². The monoisotopic (exact) mass is 896 g/mol. The molecule has 7 nitrogen and oxygen atoms in total. The van der Waals surface area contributed by atoms with E-state index in [1.165, 1.54) is 21.8 Å². The predicted molar refractivity (Wildman–Crippen MR) is 283 cm³/mol. The van der Waals surface area contributed by atoms with Crippen LogP contribution in [0.4, 0.5) is 0 Å². The Morgan fingerprint density at radius 3 is 1.46 bits per heavy atom. The molecule has 0 bridgehead atoms. The van der Waals surface area contributed by atoms with Crippen LogP contribution in [0.25, 0.3) is 150 Å². The molecule has 0 aliphatic rings. The molecule has 70 heavy (non-hydrogen) atoms. The average Bonchev–Trinajstić information content (AvgIpc) is 4.19. The number of fused-ring (bicyclic) bond motifs is 12. The fourth-order valence-corrected chi connectivity index (χ4v) is 10.6. The van der Waals surface area contributed by atoms with E-state index < -0.39 is 0 Å². The Morgan fingerprint density at radius 1 is 0.271 bits per heavy atom. The van der Waals surface area contributed by atoms with Gasteiger partial charge in [0.1, 0.15) is 33.5 Å². The lowest BCUT2D eigenvalue weighted by Gasteiger charge is -2.10. The molecule has 15 rings (SSSR count). The smallest absolute Gasteiger partial charge is 0.164 e. The van der Waals surface area contributed by atoms with E-state index in [0.717, 1.165) is 110 Å². The molecular weight excluding hydrogens is 861 g/mol. The summed E-state index contributed by atoms with van der Waals surface area (Å²) in [7, 11) is 0. The van der Waals surface area contributed by atoms with Crippen LogP contribution in [0.5, 0.6) is 0 Å². The van der Waals surface area contributed by atoms with Gasteiger partial charge in [0.15, 0.2) is 17.5 Å². The Labute approximate surface area is 399 Å². The molecule has 326 valence electrons. The fraction of sp³-hybridized carbons (Fsp3) is 0. The lowest BCUT2D eigenvalue weighted by Crippen LogP contribution is -2.00. The van der Waals surface area contributed by atoms with Gasteiger partial charge in [-0.1, -0.05) is 127 Å². The molecule has 0 fully saturated rings. The van der Waals surface area contributed by atoms with Crippen molar-refractivity contribution in [1.82, 2.24) is 19.5 Å². The SMILES string of the molecule is c1ccc(-n2c3ccccc3c3cc(-c4cccc(-c5ccc6oc7cccc(-c8nc(-c9ccc%10c(c9)oc9ccccc9%10)nc(-c9ccc%10c(c9)oc9ccccc9%10)n8)c7c6c5)c4)ccc32)cc1. The molecular formula is C63H36N4O3. The van der Waals surface area contributed by atoms with Crippen LogP contribution in [-0.2, 0) is 0 Å². The molecule has 0 aliphatic heterocycles. The van der Waals surface area contributed by atoms with Gasteiger partial charge < -0.3 is 17.8 Å². The standard InChI is InChI=1S/C63H36N4O3/c1-2-14-43(15-3-1)67-52-20-7-4-16-44(52)50-33-39(26-30-53(50)67)37-12-10-13-38(32-37)40-27-31-56-51(34-40)60-49(19-11-23-57(60)68-56)63-65-61(41-24-28-47-45-17-5-8-21-54(45)69-58(47)35-41)64-62(66-63)42-25-29-48-46-18-6-9-22-55(46)70-59(48)36-42/h1-36H. The molecule has 5 aromatic heterocycles. The molecule has 0 amide bonds. The van der Waals surface area contributed by atoms with Crippen molar-refractivity contribution in [2.75, 3.05) is 0 Å². The summed E-state index contributed by atoms with van der Waals surface area (Å²) in [5.74, 6) is 1.58. The van der Waals surface area contributed by atoms with Crippen LogP contribution in [0.15, 0.2) is 232 Å². The van der Waals surface area contributed by atoms with Crippen LogP contribution in [-0.4, -0.2) is 19.5 Å². The van der Waals surface area contributed by atoms with Crippen molar-refractivity contribution in [3.05, 3.63) is 218 Å². The minimum absolute atomic E-state index is 0.525. The van der Waals surface area contributed by atoms with Crippen molar-refractivity contribution in [3.63, 3.8) is 0 Å². The maximum atomic E-state index is 6.59. The van der Waals surface area contributed by atoms with Gasteiger partial charge in [0, 0.05) is 65.5 Å². The largest absolute Gasteiger partial charge is 0.456 e. The summed E-state index contributed by atoms with van der Waals surface area (Å²) < 4.78 is 21.6. The molecule has 0 spiro atoms. The van der Waals surface area contributed by atoms with Crippen molar-refractivity contribution < 1.29 is 13.3 Å². The van der Waals surface area contributed by atoms with Gasteiger partial charge in [-0.05, 0) is 113 Å². The first-order chi connectivity index (χ1) is 34.6. The summed E-state index contributed by atoms with van der Waals surface area (Å²) in [4.78, 5) is 15.7. The highest BCUT2D eigenvalue weighted by Gasteiger charge is 2.21. The number of benzene rings is 10. The Morgan fingerprint density at radius 2 is 0.757 bits per heavy atom. The minimum Gasteiger partial charge on any atom is -0.456 e. The van der Waals surface area contributed by atoms with Crippen molar-refractivity contribution in [2.45, 2.75) is 0 Å². The number of aromatic nitrogens is 4. The maximum absolute atomic E-state index is 6.59. The molecule has 7 heteroatoms. The third-order valence-corrected chi connectivity index (χ3v) is 13.9. The topological polar surface area (TPSA) is 83.0 Å². The Balaban J connectivity index is 0.870. The van der Waals surface area contributed by atoms with Gasteiger partial charge in [-0.3, -0.25) is 0 Å². The second kappa shape index (κ2) is 15.0. The molecule has 0 saturated carbocycles. The van der Waals surface area contributed by atoms with E-state index in [2.05, 4.69) is 162 Å². The van der Waals surface area contributed by atoms with Crippen molar-refractivity contribution >= 4 is 87.6 Å². The van der Waals surface area contributed by atoms with Gasteiger partial charge in [0.25, 0.3) is 0 Å². The second-order valence-electron chi connectivity index (χ2n) is 17.9. The summed E-state index contributed by atoms with van der Waals surface area (Å²) in [5.41, 5.74) is 15.2. The second-order valence-corrected chi connectivity index (χ2v) is 17.9. The minimum atomic E-state index is 0.525. The summed E-state index contributed by atoms with van der Waals surface area (Å²) >= 11 is 0. The highest BCUT2D eigenvalue weighted by atomic mass is 16.3. The zero-order valence-corrected chi connectivity index (χ0v) is 37.3. The van der Waals surface area contributed by atoms with E-state index in [0.29, 0.717) is 17.5 Å². The molecule has 0 N–H and O–H groups in total. The zero-order chi connectivity index (χ0) is 45.9. The van der Waals surface area contributed by atoms with Gasteiger partial charge in [0.05, 0.1) is 11.0 Å². The molecule has 0 unspecified atom stereocenters. The first-order valence-electron chi connectivity index (χ1n) is 23.4. The maximum Gasteiger partial charge on any atom is 0.164 e. The van der Waals surface area contributed by atoms with Gasteiger partial charge >= 0.3 is 0 Å². The Bertz CT molecular complexity index is 4480. The number of nitrogens with zero attached hydrogens (tertiary/aromatic N) is 4. The molecule has 0 saturated heterocycles. The lowest BCUT2D eigenvalue weighted by atomic mass is 9.96. The van der Waals surface area contributed by atoms with Gasteiger partial charge in [-0.2, -0.15) is 0 Å². The van der Waals surface area contributed by atoms with Gasteiger partial charge in [0.2, 0.25) is 0 Å². The summed E-state index contributed by atoms with van der Waals surface area (Å²) in [6.45, 7) is 0. The highest BCUT2D eigenvalue weighted by Crippen LogP contribution is 2.41. The van der Waals surface area contributed by atoms with E-state index in [4.69, 9.17) is 28.2 Å². The number of para-hydroxylation sites is 4. The molecule has 0 aliphatic carbocycles. The first kappa shape index (κ1) is 38.5. The van der Waals surface area contributed by atoms with Crippen molar-refractivity contribution in [3.8, 4) is 62.1 Å². The summed E-state index contributed by atoms with van der Waals surface area (Å²) in [6, 6.07) is 75.9. The molecule has 0 atom stereocenters. The Kier molecular flexibility index (Phi) is 8.23. The van der Waals surface area contributed by atoms with Gasteiger partial charge in [-0.15, -0.1) is 0 Å². The van der Waals surface area contributed by atoms with Crippen LogP contribution in [0.2, 0.25) is 0 Å². The number of furan rings is 3. The van der Waals surface area contributed by atoms with Crippen molar-refractivity contribution in [2.24, 2.45) is 0 Å². The van der Waals surface area contributed by atoms with Crippen LogP contribution in [0.1, 0.15) is 0 Å². The average molecular weight is 897 g/mol. The third-order valence-electron chi connectivity index (χ3n) is 13.9. The molecule has 10 aromatic carbocycles.